The fourth-order valence-electron chi connectivity index (χ4n) is 2.03. The van der Waals surface area contributed by atoms with Crippen LogP contribution >= 0.6 is 0 Å². The third-order valence-corrected chi connectivity index (χ3v) is 3.34. The highest BCUT2D eigenvalue weighted by atomic mass is 16.5. The van der Waals surface area contributed by atoms with Gasteiger partial charge in [-0.25, -0.2) is 4.79 Å². The highest BCUT2D eigenvalue weighted by molar-refractivity contribution is 5.81. The third-order valence-electron chi connectivity index (χ3n) is 3.34. The second-order valence-electron chi connectivity index (χ2n) is 5.58. The zero-order chi connectivity index (χ0) is 15.2. The van der Waals surface area contributed by atoms with E-state index in [0.717, 1.165) is 13.0 Å². The van der Waals surface area contributed by atoms with E-state index in [4.69, 9.17) is 4.74 Å². The summed E-state index contributed by atoms with van der Waals surface area (Å²) in [5.74, 6) is -0.830. The molecule has 0 aliphatic heterocycles. The van der Waals surface area contributed by atoms with E-state index in [1.165, 1.54) is 0 Å². The lowest BCUT2D eigenvalue weighted by Gasteiger charge is -2.30. The number of hydrogen-bond acceptors (Lipinski definition) is 4. The standard InChI is InChI=1S/C16H25NO3/c1-13(2)16(19,14-9-6-5-7-10-14)15(18)20-12-8-11-17(3)4/h5-7,9-10,13,19H,8,11-12H2,1-4H3. The maximum Gasteiger partial charge on any atom is 0.343 e. The summed E-state index contributed by atoms with van der Waals surface area (Å²) in [5, 5.41) is 10.8. The van der Waals surface area contributed by atoms with Gasteiger partial charge in [-0.2, -0.15) is 0 Å². The Bertz CT molecular complexity index is 417. The van der Waals surface area contributed by atoms with E-state index in [2.05, 4.69) is 0 Å². The predicted octanol–water partition coefficient (Wildman–Crippen LogP) is 2.03. The molecule has 0 radical (unpaired) electrons. The number of aliphatic hydroxyl groups is 1. The molecule has 4 nitrogen and oxygen atoms in total. The summed E-state index contributed by atoms with van der Waals surface area (Å²) in [7, 11) is 3.94. The zero-order valence-corrected chi connectivity index (χ0v) is 12.8. The summed E-state index contributed by atoms with van der Waals surface area (Å²) in [5.41, 5.74) is -1.01. The molecule has 0 bridgehead atoms. The van der Waals surface area contributed by atoms with Crippen LogP contribution in [0.25, 0.3) is 0 Å². The minimum Gasteiger partial charge on any atom is -0.463 e. The monoisotopic (exact) mass is 279 g/mol. The largest absolute Gasteiger partial charge is 0.463 e. The lowest BCUT2D eigenvalue weighted by molar-refractivity contribution is -0.172. The van der Waals surface area contributed by atoms with E-state index in [1.54, 1.807) is 12.1 Å². The Hall–Kier alpha value is -1.39. The molecule has 4 heteroatoms. The second-order valence-corrected chi connectivity index (χ2v) is 5.58. The SMILES string of the molecule is CC(C)C(O)(C(=O)OCCCN(C)C)c1ccccc1. The van der Waals surface area contributed by atoms with Crippen LogP contribution in [0.15, 0.2) is 30.3 Å². The van der Waals surface area contributed by atoms with Crippen LogP contribution in [0.4, 0.5) is 0 Å². The Labute approximate surface area is 121 Å². The van der Waals surface area contributed by atoms with Crippen molar-refractivity contribution in [3.05, 3.63) is 35.9 Å². The molecular formula is C16H25NO3. The van der Waals surface area contributed by atoms with Gasteiger partial charge >= 0.3 is 5.97 Å². The quantitative estimate of drug-likeness (QED) is 0.613. The van der Waals surface area contributed by atoms with E-state index in [-0.39, 0.29) is 5.92 Å². The lowest BCUT2D eigenvalue weighted by atomic mass is 9.83. The first-order valence-corrected chi connectivity index (χ1v) is 6.99. The first-order valence-electron chi connectivity index (χ1n) is 6.99. The van der Waals surface area contributed by atoms with Crippen molar-refractivity contribution in [3.63, 3.8) is 0 Å². The molecule has 0 spiro atoms. The van der Waals surface area contributed by atoms with Crippen molar-refractivity contribution in [2.45, 2.75) is 25.9 Å². The molecule has 1 aromatic carbocycles. The molecule has 0 saturated heterocycles. The van der Waals surface area contributed by atoms with E-state index < -0.39 is 11.6 Å². The van der Waals surface area contributed by atoms with E-state index >= 15 is 0 Å². The van der Waals surface area contributed by atoms with Crippen LogP contribution in [-0.4, -0.2) is 43.2 Å². The van der Waals surface area contributed by atoms with Crippen LogP contribution in [-0.2, 0) is 15.1 Å². The van der Waals surface area contributed by atoms with E-state index in [1.807, 2.05) is 51.0 Å². The molecule has 1 atom stereocenters. The van der Waals surface area contributed by atoms with Crippen molar-refractivity contribution in [2.24, 2.45) is 5.92 Å². The van der Waals surface area contributed by atoms with E-state index in [9.17, 15) is 9.90 Å². The summed E-state index contributed by atoms with van der Waals surface area (Å²) >= 11 is 0. The Morgan fingerprint density at radius 1 is 1.30 bits per heavy atom. The second kappa shape index (κ2) is 7.41. The van der Waals surface area contributed by atoms with Crippen molar-refractivity contribution < 1.29 is 14.6 Å². The Morgan fingerprint density at radius 2 is 1.90 bits per heavy atom. The maximum absolute atomic E-state index is 12.3. The molecule has 0 aliphatic rings. The van der Waals surface area contributed by atoms with Gasteiger partial charge in [0.15, 0.2) is 5.60 Å². The van der Waals surface area contributed by atoms with Crippen LogP contribution in [0.3, 0.4) is 0 Å². The van der Waals surface area contributed by atoms with Gasteiger partial charge in [0.2, 0.25) is 0 Å². The van der Waals surface area contributed by atoms with Crippen molar-refractivity contribution in [2.75, 3.05) is 27.2 Å². The molecule has 0 saturated carbocycles. The van der Waals surface area contributed by atoms with Gasteiger partial charge in [-0.3, -0.25) is 0 Å². The lowest BCUT2D eigenvalue weighted by Crippen LogP contribution is -2.42. The Kier molecular flexibility index (Phi) is 6.17. The highest BCUT2D eigenvalue weighted by Crippen LogP contribution is 2.30. The van der Waals surface area contributed by atoms with Crippen LogP contribution < -0.4 is 0 Å². The predicted molar refractivity (Wildman–Crippen MR) is 79.3 cm³/mol. The average molecular weight is 279 g/mol. The number of esters is 1. The van der Waals surface area contributed by atoms with Crippen molar-refractivity contribution in [3.8, 4) is 0 Å². The topological polar surface area (TPSA) is 49.8 Å². The summed E-state index contributed by atoms with van der Waals surface area (Å²) in [6, 6.07) is 8.97. The Balaban J connectivity index is 2.73. The highest BCUT2D eigenvalue weighted by Gasteiger charge is 2.42. The first kappa shape index (κ1) is 16.7. The van der Waals surface area contributed by atoms with Crippen molar-refractivity contribution in [1.29, 1.82) is 0 Å². The molecule has 0 aliphatic carbocycles. The van der Waals surface area contributed by atoms with Gasteiger partial charge < -0.3 is 14.7 Å². The molecule has 0 aromatic heterocycles. The zero-order valence-electron chi connectivity index (χ0n) is 12.8. The van der Waals surface area contributed by atoms with Gasteiger partial charge in [-0.15, -0.1) is 0 Å². The number of hydrogen-bond donors (Lipinski definition) is 1. The van der Waals surface area contributed by atoms with E-state index in [0.29, 0.717) is 12.2 Å². The smallest absolute Gasteiger partial charge is 0.343 e. The molecule has 1 rings (SSSR count). The average Bonchev–Trinajstić information content (AvgIpc) is 2.42. The fourth-order valence-corrected chi connectivity index (χ4v) is 2.03. The molecular weight excluding hydrogens is 254 g/mol. The van der Waals surface area contributed by atoms with Crippen LogP contribution in [0.2, 0.25) is 0 Å². The number of rotatable bonds is 7. The molecule has 1 N–H and O–H groups in total. The first-order chi connectivity index (χ1) is 9.39. The summed E-state index contributed by atoms with van der Waals surface area (Å²) in [6.45, 7) is 4.79. The third kappa shape index (κ3) is 4.05. The van der Waals surface area contributed by atoms with Gasteiger partial charge in [0, 0.05) is 6.54 Å². The minimum absolute atomic E-state index is 0.258. The number of benzene rings is 1. The Morgan fingerprint density at radius 3 is 2.40 bits per heavy atom. The molecule has 1 unspecified atom stereocenters. The molecule has 0 amide bonds. The summed E-state index contributed by atoms with van der Waals surface area (Å²) in [6.07, 6.45) is 0.752. The summed E-state index contributed by atoms with van der Waals surface area (Å²) in [4.78, 5) is 14.3. The van der Waals surface area contributed by atoms with Crippen LogP contribution in [0.5, 0.6) is 0 Å². The summed E-state index contributed by atoms with van der Waals surface area (Å²) < 4.78 is 5.26. The van der Waals surface area contributed by atoms with Gasteiger partial charge in [-0.05, 0) is 32.0 Å². The maximum atomic E-state index is 12.3. The van der Waals surface area contributed by atoms with Crippen LogP contribution in [0.1, 0.15) is 25.8 Å². The van der Waals surface area contributed by atoms with Crippen molar-refractivity contribution in [1.82, 2.24) is 4.90 Å². The number of nitrogens with zero attached hydrogens (tertiary/aromatic N) is 1. The van der Waals surface area contributed by atoms with Gasteiger partial charge in [0.25, 0.3) is 0 Å². The molecule has 112 valence electrons. The number of carbonyl (C=O) groups is 1. The fraction of sp³-hybridized carbons (Fsp3) is 0.562. The molecule has 1 aromatic rings. The molecule has 0 fully saturated rings. The van der Waals surface area contributed by atoms with Crippen LogP contribution in [0, 0.1) is 5.92 Å². The van der Waals surface area contributed by atoms with Gasteiger partial charge in [0.05, 0.1) is 6.61 Å². The number of carbonyl (C=O) groups excluding carboxylic acids is 1. The molecule has 20 heavy (non-hydrogen) atoms. The number of ether oxygens (including phenoxy) is 1. The van der Waals surface area contributed by atoms with Gasteiger partial charge in [-0.1, -0.05) is 44.2 Å². The minimum atomic E-state index is -1.58. The normalized spacial score (nSPS) is 14.3. The van der Waals surface area contributed by atoms with Crippen molar-refractivity contribution >= 4 is 5.97 Å². The molecule has 0 heterocycles. The van der Waals surface area contributed by atoms with Gasteiger partial charge in [0.1, 0.15) is 0 Å².